The Hall–Kier alpha value is -3.14. The molecule has 0 heterocycles. The molecule has 0 bridgehead atoms. The molecule has 0 aliphatic carbocycles. The van der Waals surface area contributed by atoms with Crippen LogP contribution in [0.1, 0.15) is 73.8 Å². The molecule has 2 unspecified atom stereocenters. The van der Waals surface area contributed by atoms with Gasteiger partial charge in [0.25, 0.3) is 0 Å². The molecule has 0 saturated heterocycles. The lowest BCUT2D eigenvalue weighted by Gasteiger charge is -2.31. The van der Waals surface area contributed by atoms with Crippen molar-refractivity contribution in [3.05, 3.63) is 29.8 Å². The number of esters is 1. The van der Waals surface area contributed by atoms with E-state index in [0.29, 0.717) is 18.5 Å². The molecular formula is C27H45N5O5. The fourth-order valence-electron chi connectivity index (χ4n) is 3.33. The molecule has 10 nitrogen and oxygen atoms in total. The number of primary amides is 1. The monoisotopic (exact) mass is 519 g/mol. The summed E-state index contributed by atoms with van der Waals surface area (Å²) in [7, 11) is 0. The average Bonchev–Trinajstić information content (AvgIpc) is 2.77. The molecular weight excluding hydrogens is 474 g/mol. The molecule has 1 rings (SSSR count). The number of hydrogen-bond donors (Lipinski definition) is 5. The standard InChI is InChI=1S/C27H45N5O5/c1-17(2)21(32-27(6,7)8)23(34)31-20(10-9-15-29-25(28)36)22(33)30-19-13-11-18(12-14-19)16-37-24(35)26(3,4)5/h11-14,17,20-21,32H,9-10,15-16H2,1-8H3,(H,30,33)(H,31,34)(H3,28,29,36). The van der Waals surface area contributed by atoms with Crippen LogP contribution in [0.2, 0.25) is 0 Å². The van der Waals surface area contributed by atoms with Gasteiger partial charge in [0, 0.05) is 17.8 Å². The van der Waals surface area contributed by atoms with Crippen LogP contribution >= 0.6 is 0 Å². The molecule has 6 N–H and O–H groups in total. The van der Waals surface area contributed by atoms with Crippen molar-refractivity contribution in [1.82, 2.24) is 16.0 Å². The topological polar surface area (TPSA) is 152 Å². The molecule has 0 aromatic heterocycles. The Labute approximate surface area is 220 Å². The van der Waals surface area contributed by atoms with Crippen LogP contribution in [-0.4, -0.2) is 48.0 Å². The number of ether oxygens (including phenoxy) is 1. The first kappa shape index (κ1) is 31.9. The van der Waals surface area contributed by atoms with E-state index in [0.717, 1.165) is 5.56 Å². The smallest absolute Gasteiger partial charge is 0.312 e. The molecule has 0 spiro atoms. The first-order valence-electron chi connectivity index (χ1n) is 12.7. The lowest BCUT2D eigenvalue weighted by atomic mass is 9.97. The zero-order valence-corrected chi connectivity index (χ0v) is 23.5. The third-order valence-corrected chi connectivity index (χ3v) is 5.34. The molecule has 1 aromatic rings. The molecule has 0 radical (unpaired) electrons. The first-order chi connectivity index (χ1) is 17.0. The van der Waals surface area contributed by atoms with E-state index in [2.05, 4.69) is 21.3 Å². The summed E-state index contributed by atoms with van der Waals surface area (Å²) in [6.07, 6.45) is 0.747. The summed E-state index contributed by atoms with van der Waals surface area (Å²) in [6, 6.07) is 4.99. The summed E-state index contributed by atoms with van der Waals surface area (Å²) in [6.45, 7) is 15.6. The first-order valence-corrected chi connectivity index (χ1v) is 12.7. The van der Waals surface area contributed by atoms with E-state index in [-0.39, 0.29) is 42.4 Å². The molecule has 1 aromatic carbocycles. The minimum atomic E-state index is -0.822. The quantitative estimate of drug-likeness (QED) is 0.211. The van der Waals surface area contributed by atoms with Crippen LogP contribution in [0.25, 0.3) is 0 Å². The predicted molar refractivity (Wildman–Crippen MR) is 145 cm³/mol. The van der Waals surface area contributed by atoms with Gasteiger partial charge in [-0.15, -0.1) is 0 Å². The van der Waals surface area contributed by atoms with Gasteiger partial charge in [-0.3, -0.25) is 14.4 Å². The lowest BCUT2D eigenvalue weighted by molar-refractivity contribution is -0.154. The van der Waals surface area contributed by atoms with Crippen LogP contribution in [0.15, 0.2) is 24.3 Å². The highest BCUT2D eigenvalue weighted by Crippen LogP contribution is 2.18. The van der Waals surface area contributed by atoms with Gasteiger partial charge in [0.2, 0.25) is 11.8 Å². The third kappa shape index (κ3) is 12.6. The summed E-state index contributed by atoms with van der Waals surface area (Å²) < 4.78 is 5.32. The number of rotatable bonds is 12. The fraction of sp³-hybridized carbons (Fsp3) is 0.630. The SMILES string of the molecule is CC(C)C(NC(C)(C)C)C(=O)NC(CCCNC(N)=O)C(=O)Nc1ccc(COC(=O)C(C)(C)C)cc1. The van der Waals surface area contributed by atoms with E-state index in [9.17, 15) is 19.2 Å². The Morgan fingerprint density at radius 3 is 2.03 bits per heavy atom. The van der Waals surface area contributed by atoms with Crippen molar-refractivity contribution in [1.29, 1.82) is 0 Å². The number of hydrogen-bond acceptors (Lipinski definition) is 6. The highest BCUT2D eigenvalue weighted by molar-refractivity contribution is 5.97. The Balaban J connectivity index is 2.90. The van der Waals surface area contributed by atoms with E-state index in [1.165, 1.54) is 0 Å². The van der Waals surface area contributed by atoms with E-state index >= 15 is 0 Å². The van der Waals surface area contributed by atoms with Crippen molar-refractivity contribution in [2.24, 2.45) is 17.1 Å². The molecule has 4 amide bonds. The van der Waals surface area contributed by atoms with Gasteiger partial charge in [-0.1, -0.05) is 26.0 Å². The van der Waals surface area contributed by atoms with Crippen molar-refractivity contribution in [2.75, 3.05) is 11.9 Å². The highest BCUT2D eigenvalue weighted by Gasteiger charge is 2.30. The largest absolute Gasteiger partial charge is 0.460 e. The molecule has 37 heavy (non-hydrogen) atoms. The van der Waals surface area contributed by atoms with Crippen LogP contribution < -0.4 is 27.0 Å². The maximum absolute atomic E-state index is 13.1. The number of benzene rings is 1. The summed E-state index contributed by atoms with van der Waals surface area (Å²) >= 11 is 0. The predicted octanol–water partition coefficient (Wildman–Crippen LogP) is 3.06. The van der Waals surface area contributed by atoms with Gasteiger partial charge in [0.05, 0.1) is 11.5 Å². The number of amides is 4. The van der Waals surface area contributed by atoms with Crippen LogP contribution in [0.5, 0.6) is 0 Å². The Kier molecular flexibility index (Phi) is 12.0. The zero-order valence-electron chi connectivity index (χ0n) is 23.5. The molecule has 0 aliphatic heterocycles. The van der Waals surface area contributed by atoms with E-state index in [4.69, 9.17) is 10.5 Å². The maximum Gasteiger partial charge on any atom is 0.312 e. The van der Waals surface area contributed by atoms with Crippen molar-refractivity contribution in [3.8, 4) is 0 Å². The van der Waals surface area contributed by atoms with Crippen molar-refractivity contribution >= 4 is 29.5 Å². The van der Waals surface area contributed by atoms with Gasteiger partial charge in [-0.25, -0.2) is 4.79 Å². The van der Waals surface area contributed by atoms with Gasteiger partial charge < -0.3 is 31.7 Å². The van der Waals surface area contributed by atoms with E-state index < -0.39 is 23.5 Å². The van der Waals surface area contributed by atoms with Crippen LogP contribution in [0, 0.1) is 11.3 Å². The number of carbonyl (C=O) groups excluding carboxylic acids is 4. The van der Waals surface area contributed by atoms with Gasteiger partial charge >= 0.3 is 12.0 Å². The molecule has 0 saturated carbocycles. The van der Waals surface area contributed by atoms with Crippen molar-refractivity contribution in [2.45, 2.75) is 92.5 Å². The maximum atomic E-state index is 13.1. The molecule has 2 atom stereocenters. The van der Waals surface area contributed by atoms with Crippen molar-refractivity contribution in [3.63, 3.8) is 0 Å². The van der Waals surface area contributed by atoms with Crippen LogP contribution in [0.4, 0.5) is 10.5 Å². The Bertz CT molecular complexity index is 917. The molecule has 0 aliphatic rings. The van der Waals surface area contributed by atoms with Crippen LogP contribution in [-0.2, 0) is 25.7 Å². The van der Waals surface area contributed by atoms with E-state index in [1.807, 2.05) is 34.6 Å². The minimum Gasteiger partial charge on any atom is -0.460 e. The summed E-state index contributed by atoms with van der Waals surface area (Å²) in [5.74, 6) is -0.948. The summed E-state index contributed by atoms with van der Waals surface area (Å²) in [5, 5.41) is 11.5. The molecule has 0 fully saturated rings. The summed E-state index contributed by atoms with van der Waals surface area (Å²) in [4.78, 5) is 49.2. The highest BCUT2D eigenvalue weighted by atomic mass is 16.5. The number of nitrogens with one attached hydrogen (secondary N) is 4. The third-order valence-electron chi connectivity index (χ3n) is 5.34. The van der Waals surface area contributed by atoms with Gasteiger partial charge in [0.1, 0.15) is 12.6 Å². The normalized spacial score (nSPS) is 13.4. The van der Waals surface area contributed by atoms with Gasteiger partial charge in [-0.05, 0) is 78.0 Å². The zero-order chi connectivity index (χ0) is 28.4. The average molecular weight is 520 g/mol. The van der Waals surface area contributed by atoms with Gasteiger partial charge in [0.15, 0.2) is 0 Å². The van der Waals surface area contributed by atoms with Gasteiger partial charge in [-0.2, -0.15) is 0 Å². The number of nitrogens with two attached hydrogens (primary N) is 1. The Morgan fingerprint density at radius 2 is 1.54 bits per heavy atom. The molecule has 10 heteroatoms. The second kappa shape index (κ2) is 14.0. The second-order valence-corrected chi connectivity index (χ2v) is 11.6. The fourth-order valence-corrected chi connectivity index (χ4v) is 3.33. The number of anilines is 1. The lowest BCUT2D eigenvalue weighted by Crippen LogP contribution is -2.57. The number of carbonyl (C=O) groups is 4. The Morgan fingerprint density at radius 1 is 0.946 bits per heavy atom. The minimum absolute atomic E-state index is 0.000562. The van der Waals surface area contributed by atoms with E-state index in [1.54, 1.807) is 45.0 Å². The summed E-state index contributed by atoms with van der Waals surface area (Å²) in [5.41, 5.74) is 5.56. The number of urea groups is 1. The second-order valence-electron chi connectivity index (χ2n) is 11.6. The van der Waals surface area contributed by atoms with Crippen LogP contribution in [0.3, 0.4) is 0 Å². The molecule has 208 valence electrons. The van der Waals surface area contributed by atoms with Crippen molar-refractivity contribution < 1.29 is 23.9 Å².